The quantitative estimate of drug-likeness (QED) is 0.247. The van der Waals surface area contributed by atoms with Gasteiger partial charge in [-0.25, -0.2) is 14.7 Å². The number of nitrogens with two attached hydrogens (primary N) is 1. The molecule has 2 fully saturated rings. The second-order valence-electron chi connectivity index (χ2n) is 7.73. The molecule has 4 N–H and O–H groups in total. The van der Waals surface area contributed by atoms with Gasteiger partial charge in [0.15, 0.2) is 5.96 Å². The smallest absolute Gasteiger partial charge is 0.329 e. The minimum Gasteiger partial charge on any atom is -0.370 e. The van der Waals surface area contributed by atoms with Crippen molar-refractivity contribution < 1.29 is 9.59 Å². The third kappa shape index (κ3) is 4.43. The molecule has 0 bridgehead atoms. The molecule has 1 aliphatic heterocycles. The van der Waals surface area contributed by atoms with Gasteiger partial charge in [0.05, 0.1) is 12.2 Å². The van der Waals surface area contributed by atoms with E-state index in [1.807, 2.05) is 49.4 Å². The molecule has 0 aromatic heterocycles. The summed E-state index contributed by atoms with van der Waals surface area (Å²) >= 11 is 0. The summed E-state index contributed by atoms with van der Waals surface area (Å²) in [6, 6.07) is 14.8. The molecule has 0 unspecified atom stereocenters. The molecule has 1 heterocycles. The molecule has 30 heavy (non-hydrogen) atoms. The Balaban J connectivity index is 0.00000256. The first-order valence-corrected chi connectivity index (χ1v) is 9.86. The highest BCUT2D eigenvalue weighted by atomic mass is 127. The van der Waals surface area contributed by atoms with E-state index in [4.69, 9.17) is 5.73 Å². The normalized spacial score (nSPS) is 17.8. The van der Waals surface area contributed by atoms with E-state index < -0.39 is 5.54 Å². The summed E-state index contributed by atoms with van der Waals surface area (Å²) < 4.78 is 0. The fourth-order valence-corrected chi connectivity index (χ4v) is 4.05. The van der Waals surface area contributed by atoms with E-state index in [1.165, 1.54) is 4.90 Å². The third-order valence-corrected chi connectivity index (χ3v) is 5.51. The summed E-state index contributed by atoms with van der Waals surface area (Å²) in [5, 5.41) is 5.98. The van der Waals surface area contributed by atoms with Crippen molar-refractivity contribution in [2.75, 3.05) is 10.2 Å². The van der Waals surface area contributed by atoms with Crippen LogP contribution in [0.5, 0.6) is 0 Å². The zero-order valence-electron chi connectivity index (χ0n) is 16.9. The molecular formula is C22H26IN5O2. The Morgan fingerprint density at radius 1 is 1.17 bits per heavy atom. The SMILES string of the molecule is Cc1cccc(NC(N)=NCc2cccc(N3C(=O)NC4(CCCC4)C3=O)c2)c1.I. The van der Waals surface area contributed by atoms with Crippen molar-refractivity contribution in [3.05, 3.63) is 59.7 Å². The summed E-state index contributed by atoms with van der Waals surface area (Å²) in [6.07, 6.45) is 3.34. The van der Waals surface area contributed by atoms with Gasteiger partial charge in [-0.1, -0.05) is 37.1 Å². The van der Waals surface area contributed by atoms with E-state index in [1.54, 1.807) is 6.07 Å². The monoisotopic (exact) mass is 519 g/mol. The number of halogens is 1. The minimum absolute atomic E-state index is 0. The number of nitrogens with zero attached hydrogens (tertiary/aromatic N) is 2. The van der Waals surface area contributed by atoms with Crippen LogP contribution in [0.4, 0.5) is 16.2 Å². The number of nitrogens with one attached hydrogen (secondary N) is 2. The van der Waals surface area contributed by atoms with E-state index >= 15 is 0 Å². The average Bonchev–Trinajstić information content (AvgIpc) is 3.25. The fourth-order valence-electron chi connectivity index (χ4n) is 4.05. The van der Waals surface area contributed by atoms with Crippen molar-refractivity contribution in [1.29, 1.82) is 0 Å². The number of carbonyl (C=O) groups is 2. The zero-order chi connectivity index (χ0) is 20.4. The lowest BCUT2D eigenvalue weighted by Gasteiger charge is -2.20. The first-order chi connectivity index (χ1) is 14.0. The molecule has 4 rings (SSSR count). The summed E-state index contributed by atoms with van der Waals surface area (Å²) in [5.41, 5.74) is 8.72. The van der Waals surface area contributed by atoms with Gasteiger partial charge < -0.3 is 16.4 Å². The van der Waals surface area contributed by atoms with Crippen molar-refractivity contribution >= 4 is 53.2 Å². The fraction of sp³-hybridized carbons (Fsp3) is 0.318. The molecule has 0 radical (unpaired) electrons. The van der Waals surface area contributed by atoms with Gasteiger partial charge in [-0.15, -0.1) is 24.0 Å². The Morgan fingerprint density at radius 2 is 1.90 bits per heavy atom. The number of aryl methyl sites for hydroxylation is 1. The van der Waals surface area contributed by atoms with Crippen LogP contribution in [0, 0.1) is 6.92 Å². The van der Waals surface area contributed by atoms with Crippen molar-refractivity contribution in [3.63, 3.8) is 0 Å². The van der Waals surface area contributed by atoms with Crippen molar-refractivity contribution in [3.8, 4) is 0 Å². The van der Waals surface area contributed by atoms with Gasteiger partial charge in [0, 0.05) is 5.69 Å². The molecule has 7 nitrogen and oxygen atoms in total. The van der Waals surface area contributed by atoms with E-state index in [2.05, 4.69) is 15.6 Å². The number of hydrogen-bond donors (Lipinski definition) is 3. The lowest BCUT2D eigenvalue weighted by molar-refractivity contribution is -0.121. The predicted octanol–water partition coefficient (Wildman–Crippen LogP) is 3.91. The van der Waals surface area contributed by atoms with Crippen LogP contribution in [0.3, 0.4) is 0 Å². The first-order valence-electron chi connectivity index (χ1n) is 9.86. The van der Waals surface area contributed by atoms with E-state index in [0.29, 0.717) is 31.0 Å². The Kier molecular flexibility index (Phi) is 6.64. The summed E-state index contributed by atoms with van der Waals surface area (Å²) in [7, 11) is 0. The van der Waals surface area contributed by atoms with Gasteiger partial charge >= 0.3 is 6.03 Å². The number of benzene rings is 2. The number of carbonyl (C=O) groups excluding carboxylic acids is 2. The number of aliphatic imine (C=N–C) groups is 1. The van der Waals surface area contributed by atoms with Crippen LogP contribution in [0.15, 0.2) is 53.5 Å². The Labute approximate surface area is 193 Å². The molecular weight excluding hydrogens is 493 g/mol. The highest BCUT2D eigenvalue weighted by Crippen LogP contribution is 2.37. The molecule has 8 heteroatoms. The zero-order valence-corrected chi connectivity index (χ0v) is 19.2. The van der Waals surface area contributed by atoms with Crippen LogP contribution in [-0.2, 0) is 11.3 Å². The Bertz CT molecular complexity index is 985. The molecule has 0 atom stereocenters. The molecule has 1 aliphatic carbocycles. The summed E-state index contributed by atoms with van der Waals surface area (Å²) in [6.45, 7) is 2.35. The van der Waals surface area contributed by atoms with Crippen LogP contribution in [0.25, 0.3) is 0 Å². The van der Waals surface area contributed by atoms with Gasteiger partial charge in [-0.05, 0) is 55.2 Å². The standard InChI is InChI=1S/C22H25N5O2.HI/c1-15-6-4-8-17(12-15)25-20(23)24-14-16-7-5-9-18(13-16)27-19(28)22(26-21(27)29)10-2-3-11-22;/h4-9,12-13H,2-3,10-11,14H2,1H3,(H,26,29)(H3,23,24,25);1H. The molecule has 2 aromatic carbocycles. The molecule has 158 valence electrons. The van der Waals surface area contributed by atoms with Crippen molar-refractivity contribution in [2.45, 2.75) is 44.7 Å². The van der Waals surface area contributed by atoms with Gasteiger partial charge in [0.25, 0.3) is 5.91 Å². The van der Waals surface area contributed by atoms with E-state index in [-0.39, 0.29) is 35.9 Å². The molecule has 1 saturated carbocycles. The molecule has 1 saturated heterocycles. The third-order valence-electron chi connectivity index (χ3n) is 5.51. The van der Waals surface area contributed by atoms with Gasteiger partial charge in [0.2, 0.25) is 0 Å². The summed E-state index contributed by atoms with van der Waals surface area (Å²) in [4.78, 5) is 31.1. The predicted molar refractivity (Wildman–Crippen MR) is 129 cm³/mol. The van der Waals surface area contributed by atoms with E-state index in [0.717, 1.165) is 29.7 Å². The topological polar surface area (TPSA) is 99.8 Å². The first kappa shape index (κ1) is 22.1. The lowest BCUT2D eigenvalue weighted by atomic mass is 9.98. The maximum absolute atomic E-state index is 12.9. The Hall–Kier alpha value is -2.62. The van der Waals surface area contributed by atoms with Crippen LogP contribution in [0.1, 0.15) is 36.8 Å². The lowest BCUT2D eigenvalue weighted by Crippen LogP contribution is -2.44. The highest BCUT2D eigenvalue weighted by Gasteiger charge is 2.52. The van der Waals surface area contributed by atoms with Crippen molar-refractivity contribution in [2.24, 2.45) is 10.7 Å². The van der Waals surface area contributed by atoms with Gasteiger partial charge in [-0.2, -0.15) is 0 Å². The number of guanidine groups is 1. The maximum Gasteiger partial charge on any atom is 0.329 e. The highest BCUT2D eigenvalue weighted by molar-refractivity contribution is 14.0. The number of urea groups is 1. The summed E-state index contributed by atoms with van der Waals surface area (Å²) in [5.74, 6) is 0.155. The van der Waals surface area contributed by atoms with Crippen molar-refractivity contribution in [1.82, 2.24) is 5.32 Å². The number of imide groups is 1. The number of anilines is 2. The average molecular weight is 519 g/mol. The number of rotatable bonds is 4. The van der Waals surface area contributed by atoms with Crippen LogP contribution in [0.2, 0.25) is 0 Å². The van der Waals surface area contributed by atoms with Crippen LogP contribution in [-0.4, -0.2) is 23.4 Å². The second kappa shape index (κ2) is 9.03. The molecule has 2 aliphatic rings. The largest absolute Gasteiger partial charge is 0.370 e. The molecule has 1 spiro atoms. The number of hydrogen-bond acceptors (Lipinski definition) is 3. The number of amides is 3. The minimum atomic E-state index is -0.715. The second-order valence-corrected chi connectivity index (χ2v) is 7.73. The van der Waals surface area contributed by atoms with Crippen LogP contribution >= 0.6 is 24.0 Å². The van der Waals surface area contributed by atoms with Gasteiger partial charge in [0.1, 0.15) is 5.54 Å². The van der Waals surface area contributed by atoms with E-state index in [9.17, 15) is 9.59 Å². The van der Waals surface area contributed by atoms with Crippen LogP contribution < -0.4 is 21.3 Å². The molecule has 2 aromatic rings. The van der Waals surface area contributed by atoms with Gasteiger partial charge in [-0.3, -0.25) is 4.79 Å². The Morgan fingerprint density at radius 3 is 2.63 bits per heavy atom. The molecule has 3 amide bonds. The maximum atomic E-state index is 12.9.